The first-order valence-electron chi connectivity index (χ1n) is 9.07. The molecule has 0 saturated carbocycles. The van der Waals surface area contributed by atoms with E-state index in [0.29, 0.717) is 33.4 Å². The Morgan fingerprint density at radius 2 is 1.70 bits per heavy atom. The van der Waals surface area contributed by atoms with Crippen LogP contribution in [-0.2, 0) is 13.0 Å². The van der Waals surface area contributed by atoms with Gasteiger partial charge in [-0.25, -0.2) is 9.18 Å². The van der Waals surface area contributed by atoms with Crippen LogP contribution in [0.2, 0.25) is 15.1 Å². The summed E-state index contributed by atoms with van der Waals surface area (Å²) < 4.78 is 14.4. The number of para-hydroxylation sites is 1. The fraction of sp³-hybridized carbons (Fsp3) is 0.0870. The molecule has 30 heavy (non-hydrogen) atoms. The van der Waals surface area contributed by atoms with Gasteiger partial charge in [0.15, 0.2) is 0 Å². The summed E-state index contributed by atoms with van der Waals surface area (Å²) in [5.74, 6) is -0.382. The van der Waals surface area contributed by atoms with Crippen LogP contribution in [0.15, 0.2) is 73.3 Å². The highest BCUT2D eigenvalue weighted by atomic mass is 35.5. The molecule has 2 amide bonds. The van der Waals surface area contributed by atoms with E-state index in [1.807, 2.05) is 30.3 Å². The Balaban J connectivity index is 0.000000310. The topological polar surface area (TPSA) is 32.3 Å². The van der Waals surface area contributed by atoms with Crippen LogP contribution in [0.25, 0.3) is 0 Å². The maximum atomic E-state index is 14.4. The normalized spacial score (nSPS) is 12.4. The molecule has 0 saturated heterocycles. The average Bonchev–Trinajstić information content (AvgIpc) is 2.71. The molecule has 0 spiro atoms. The Kier molecular flexibility index (Phi) is 7.38. The van der Waals surface area contributed by atoms with Gasteiger partial charge in [-0.3, -0.25) is 4.90 Å². The Hall–Kier alpha value is -2.53. The molecule has 0 atom stereocenters. The lowest BCUT2D eigenvalue weighted by Gasteiger charge is -2.31. The molecule has 1 N–H and O–H groups in total. The van der Waals surface area contributed by atoms with Gasteiger partial charge in [0, 0.05) is 17.1 Å². The van der Waals surface area contributed by atoms with Crippen LogP contribution in [0, 0.1) is 5.82 Å². The first-order chi connectivity index (χ1) is 14.4. The number of urea groups is 1. The van der Waals surface area contributed by atoms with Crippen molar-refractivity contribution in [3.8, 4) is 0 Å². The van der Waals surface area contributed by atoms with E-state index in [1.165, 1.54) is 11.0 Å². The van der Waals surface area contributed by atoms with Crippen molar-refractivity contribution >= 4 is 52.2 Å². The molecule has 0 radical (unpaired) electrons. The molecule has 1 aliphatic heterocycles. The molecule has 1 aliphatic rings. The SMILES string of the molecule is C=CCc1cc(F)c2c(c1)N(c1c(Cl)cccc1Cl)C(=O)NC2.Clc1ccccc1. The molecule has 3 nitrogen and oxygen atoms in total. The average molecular weight is 464 g/mol. The van der Waals surface area contributed by atoms with Crippen molar-refractivity contribution in [2.75, 3.05) is 4.90 Å². The van der Waals surface area contributed by atoms with E-state index in [0.717, 1.165) is 10.6 Å². The second-order valence-electron chi connectivity index (χ2n) is 6.43. The minimum absolute atomic E-state index is 0.118. The van der Waals surface area contributed by atoms with Crippen LogP contribution in [0.5, 0.6) is 0 Å². The van der Waals surface area contributed by atoms with Gasteiger partial charge in [0.25, 0.3) is 0 Å². The summed E-state index contributed by atoms with van der Waals surface area (Å²) in [6, 6.07) is 17.2. The second-order valence-corrected chi connectivity index (χ2v) is 7.68. The van der Waals surface area contributed by atoms with Crippen molar-refractivity contribution in [2.24, 2.45) is 0 Å². The number of carbonyl (C=O) groups is 1. The molecule has 0 fully saturated rings. The maximum Gasteiger partial charge on any atom is 0.326 e. The van der Waals surface area contributed by atoms with Crippen LogP contribution in [0.4, 0.5) is 20.6 Å². The van der Waals surface area contributed by atoms with Gasteiger partial charge in [0.2, 0.25) is 0 Å². The first-order valence-corrected chi connectivity index (χ1v) is 10.2. The minimum Gasteiger partial charge on any atom is -0.333 e. The number of fused-ring (bicyclic) bond motifs is 1. The van der Waals surface area contributed by atoms with Crippen LogP contribution in [-0.4, -0.2) is 6.03 Å². The number of amides is 2. The number of allylic oxidation sites excluding steroid dienone is 1. The largest absolute Gasteiger partial charge is 0.333 e. The van der Waals surface area contributed by atoms with Crippen LogP contribution in [0.3, 0.4) is 0 Å². The maximum absolute atomic E-state index is 14.4. The third-order valence-electron chi connectivity index (χ3n) is 4.37. The Labute approximate surface area is 189 Å². The number of benzene rings is 3. The summed E-state index contributed by atoms with van der Waals surface area (Å²) >= 11 is 18.0. The van der Waals surface area contributed by atoms with Crippen LogP contribution in [0.1, 0.15) is 11.1 Å². The molecule has 0 aromatic heterocycles. The number of nitrogens with one attached hydrogen (secondary N) is 1. The quantitative estimate of drug-likeness (QED) is 0.399. The van der Waals surface area contributed by atoms with Gasteiger partial charge in [-0.1, -0.05) is 65.1 Å². The molecule has 0 unspecified atom stereocenters. The summed E-state index contributed by atoms with van der Waals surface area (Å²) in [5, 5.41) is 4.07. The van der Waals surface area contributed by atoms with E-state index in [4.69, 9.17) is 34.8 Å². The van der Waals surface area contributed by atoms with Crippen molar-refractivity contribution < 1.29 is 9.18 Å². The fourth-order valence-electron chi connectivity index (χ4n) is 3.03. The Morgan fingerprint density at radius 3 is 2.27 bits per heavy atom. The third kappa shape index (κ3) is 4.96. The van der Waals surface area contributed by atoms with Crippen molar-refractivity contribution in [2.45, 2.75) is 13.0 Å². The molecule has 3 aromatic rings. The summed E-state index contributed by atoms with van der Waals surface area (Å²) in [4.78, 5) is 13.7. The molecule has 3 aromatic carbocycles. The molecule has 1 heterocycles. The molecular formula is C23H18Cl3FN2O. The van der Waals surface area contributed by atoms with Crippen molar-refractivity contribution in [1.82, 2.24) is 5.32 Å². The predicted molar refractivity (Wildman–Crippen MR) is 123 cm³/mol. The highest BCUT2D eigenvalue weighted by Crippen LogP contribution is 2.41. The molecule has 4 rings (SSSR count). The number of rotatable bonds is 3. The van der Waals surface area contributed by atoms with Gasteiger partial charge in [-0.2, -0.15) is 0 Å². The van der Waals surface area contributed by atoms with Crippen molar-refractivity contribution in [3.05, 3.63) is 105 Å². The number of halogens is 4. The van der Waals surface area contributed by atoms with Crippen LogP contribution >= 0.6 is 34.8 Å². The van der Waals surface area contributed by atoms with Gasteiger partial charge in [0.1, 0.15) is 5.82 Å². The van der Waals surface area contributed by atoms with Gasteiger partial charge >= 0.3 is 6.03 Å². The summed E-state index contributed by atoms with van der Waals surface area (Å²) in [7, 11) is 0. The van der Waals surface area contributed by atoms with E-state index in [2.05, 4.69) is 11.9 Å². The Morgan fingerprint density at radius 1 is 1.03 bits per heavy atom. The predicted octanol–water partition coefficient (Wildman–Crippen LogP) is 7.56. The number of nitrogens with zero attached hydrogens (tertiary/aromatic N) is 1. The molecule has 0 aliphatic carbocycles. The van der Waals surface area contributed by atoms with E-state index >= 15 is 0 Å². The number of hydrogen-bond donors (Lipinski definition) is 1. The highest BCUT2D eigenvalue weighted by Gasteiger charge is 2.30. The summed E-state index contributed by atoms with van der Waals surface area (Å²) in [6.07, 6.45) is 2.17. The van der Waals surface area contributed by atoms with E-state index in [1.54, 1.807) is 30.3 Å². The van der Waals surface area contributed by atoms with E-state index < -0.39 is 6.03 Å². The highest BCUT2D eigenvalue weighted by molar-refractivity contribution is 6.40. The van der Waals surface area contributed by atoms with Gasteiger partial charge in [-0.05, 0) is 48.4 Å². The standard InChI is InChI=1S/C17H13Cl2FN2O.C6H5Cl/c1-2-4-10-7-14(20)11-9-21-17(23)22(15(11)8-10)16-12(18)5-3-6-13(16)19;7-6-4-2-1-3-5-6/h2-3,5-8H,1,4,9H2,(H,21,23);1-5H. The Bertz CT molecular complexity index is 1050. The lowest BCUT2D eigenvalue weighted by atomic mass is 10.0. The summed E-state index contributed by atoms with van der Waals surface area (Å²) in [6.45, 7) is 3.78. The smallest absolute Gasteiger partial charge is 0.326 e. The fourth-order valence-corrected chi connectivity index (χ4v) is 3.74. The zero-order valence-electron chi connectivity index (χ0n) is 15.8. The lowest BCUT2D eigenvalue weighted by molar-refractivity contribution is 0.247. The second kappa shape index (κ2) is 9.98. The number of carbonyl (C=O) groups excluding carboxylic acids is 1. The van der Waals surface area contributed by atoms with Gasteiger partial charge in [0.05, 0.1) is 21.4 Å². The van der Waals surface area contributed by atoms with Crippen molar-refractivity contribution in [1.29, 1.82) is 0 Å². The summed E-state index contributed by atoms with van der Waals surface area (Å²) in [5.41, 5.74) is 1.90. The van der Waals surface area contributed by atoms with Gasteiger partial charge in [-0.15, -0.1) is 6.58 Å². The van der Waals surface area contributed by atoms with Crippen molar-refractivity contribution in [3.63, 3.8) is 0 Å². The van der Waals surface area contributed by atoms with Crippen LogP contribution < -0.4 is 10.2 Å². The number of anilines is 2. The van der Waals surface area contributed by atoms with Gasteiger partial charge < -0.3 is 5.32 Å². The molecule has 0 bridgehead atoms. The monoisotopic (exact) mass is 462 g/mol. The minimum atomic E-state index is -0.400. The van der Waals surface area contributed by atoms with E-state index in [9.17, 15) is 9.18 Å². The zero-order valence-corrected chi connectivity index (χ0v) is 18.1. The third-order valence-corrected chi connectivity index (χ3v) is 5.23. The molecule has 7 heteroatoms. The molecule has 154 valence electrons. The lowest BCUT2D eigenvalue weighted by Crippen LogP contribution is -2.42. The number of hydrogen-bond acceptors (Lipinski definition) is 1. The zero-order chi connectivity index (χ0) is 21.7. The first kappa shape index (κ1) is 22.2. The van der Waals surface area contributed by atoms with E-state index in [-0.39, 0.29) is 12.4 Å². The molecular weight excluding hydrogens is 446 g/mol.